The number of nitrogens with zero attached hydrogens (tertiary/aromatic N) is 1. The van der Waals surface area contributed by atoms with Crippen molar-refractivity contribution < 1.29 is 4.79 Å². The second kappa shape index (κ2) is 4.74. The highest BCUT2D eigenvalue weighted by Crippen LogP contribution is 2.22. The Morgan fingerprint density at radius 3 is 3.00 bits per heavy atom. The van der Waals surface area contributed by atoms with Gasteiger partial charge in [-0.05, 0) is 24.3 Å². The highest BCUT2D eigenvalue weighted by molar-refractivity contribution is 6.31. The molecule has 19 heavy (non-hydrogen) atoms. The van der Waals surface area contributed by atoms with Crippen LogP contribution in [0.25, 0.3) is 17.0 Å². The van der Waals surface area contributed by atoms with E-state index in [1.54, 1.807) is 36.8 Å². The molecule has 0 atom stereocenters. The molecule has 0 fully saturated rings. The smallest absolute Gasteiger partial charge is 0.188 e. The number of carbonyl (C=O) groups excluding carboxylic acids is 1. The lowest BCUT2D eigenvalue weighted by Crippen LogP contribution is -1.92. The molecule has 0 saturated heterocycles. The zero-order valence-corrected chi connectivity index (χ0v) is 10.6. The summed E-state index contributed by atoms with van der Waals surface area (Å²) in [6, 6.07) is 5.40. The number of allylic oxidation sites excluding steroid dienone is 1. The zero-order chi connectivity index (χ0) is 13.2. The Morgan fingerprint density at radius 2 is 2.21 bits per heavy atom. The molecule has 2 heterocycles. The minimum atomic E-state index is -0.0787. The summed E-state index contributed by atoms with van der Waals surface area (Å²) in [6.45, 7) is 0. The second-order valence-electron chi connectivity index (χ2n) is 4.06. The van der Waals surface area contributed by atoms with Crippen LogP contribution in [0.1, 0.15) is 16.2 Å². The van der Waals surface area contributed by atoms with E-state index in [0.29, 0.717) is 16.4 Å². The summed E-state index contributed by atoms with van der Waals surface area (Å²) in [5, 5.41) is 1.50. The SMILES string of the molecule is O=C(/C=C/c1ncc[nH]1)c1c[nH]c2cc(Cl)ccc12. The molecule has 0 aliphatic heterocycles. The van der Waals surface area contributed by atoms with Gasteiger partial charge in [0, 0.05) is 40.1 Å². The maximum Gasteiger partial charge on any atom is 0.188 e. The van der Waals surface area contributed by atoms with E-state index in [1.807, 2.05) is 6.07 Å². The van der Waals surface area contributed by atoms with Crippen LogP contribution in [0.4, 0.5) is 0 Å². The minimum absolute atomic E-state index is 0.0787. The van der Waals surface area contributed by atoms with Crippen molar-refractivity contribution in [3.05, 3.63) is 59.3 Å². The van der Waals surface area contributed by atoms with Gasteiger partial charge < -0.3 is 9.97 Å². The van der Waals surface area contributed by atoms with Crippen LogP contribution in [-0.2, 0) is 0 Å². The largest absolute Gasteiger partial charge is 0.360 e. The van der Waals surface area contributed by atoms with Gasteiger partial charge in [-0.3, -0.25) is 4.79 Å². The third kappa shape index (κ3) is 2.30. The summed E-state index contributed by atoms with van der Waals surface area (Å²) >= 11 is 5.90. The van der Waals surface area contributed by atoms with E-state index in [0.717, 1.165) is 10.9 Å². The molecule has 2 aromatic heterocycles. The molecular weight excluding hydrogens is 262 g/mol. The van der Waals surface area contributed by atoms with Crippen molar-refractivity contribution in [1.82, 2.24) is 15.0 Å². The molecule has 3 aromatic rings. The number of nitrogens with one attached hydrogen (secondary N) is 2. The number of H-pyrrole nitrogens is 2. The van der Waals surface area contributed by atoms with Gasteiger partial charge in [0.2, 0.25) is 0 Å². The molecule has 0 amide bonds. The van der Waals surface area contributed by atoms with E-state index in [-0.39, 0.29) is 5.78 Å². The molecular formula is C14H10ClN3O. The summed E-state index contributed by atoms with van der Waals surface area (Å²) in [6.07, 6.45) is 8.18. The lowest BCUT2D eigenvalue weighted by molar-refractivity contribution is 0.104. The monoisotopic (exact) mass is 271 g/mol. The van der Waals surface area contributed by atoms with Crippen molar-refractivity contribution in [3.63, 3.8) is 0 Å². The maximum atomic E-state index is 12.1. The summed E-state index contributed by atoms with van der Waals surface area (Å²) < 4.78 is 0. The molecule has 0 aliphatic rings. The van der Waals surface area contributed by atoms with E-state index in [9.17, 15) is 4.79 Å². The number of hydrogen-bond donors (Lipinski definition) is 2. The number of aromatic nitrogens is 3. The Kier molecular flexibility index (Phi) is 2.93. The Balaban J connectivity index is 1.94. The quantitative estimate of drug-likeness (QED) is 0.566. The predicted octanol–water partition coefficient (Wildman–Crippen LogP) is 3.44. The summed E-state index contributed by atoms with van der Waals surface area (Å²) in [5.74, 6) is 0.571. The number of carbonyl (C=O) groups is 1. The maximum absolute atomic E-state index is 12.1. The van der Waals surface area contributed by atoms with Crippen molar-refractivity contribution in [1.29, 1.82) is 0 Å². The number of aromatic amines is 2. The first-order valence-corrected chi connectivity index (χ1v) is 6.10. The molecule has 0 saturated carbocycles. The summed E-state index contributed by atoms with van der Waals surface area (Å²) in [7, 11) is 0. The van der Waals surface area contributed by atoms with Crippen molar-refractivity contribution in [2.45, 2.75) is 0 Å². The van der Waals surface area contributed by atoms with Crippen LogP contribution in [0, 0.1) is 0 Å². The van der Waals surface area contributed by atoms with Crippen LogP contribution < -0.4 is 0 Å². The van der Waals surface area contributed by atoms with Crippen LogP contribution in [0.15, 0.2) is 42.9 Å². The van der Waals surface area contributed by atoms with E-state index in [4.69, 9.17) is 11.6 Å². The molecule has 0 aliphatic carbocycles. The minimum Gasteiger partial charge on any atom is -0.360 e. The van der Waals surface area contributed by atoms with Gasteiger partial charge in [0.05, 0.1) is 0 Å². The predicted molar refractivity (Wildman–Crippen MR) is 75.3 cm³/mol. The number of benzene rings is 1. The normalized spacial score (nSPS) is 11.4. The Bertz CT molecular complexity index is 756. The van der Waals surface area contributed by atoms with Gasteiger partial charge in [0.1, 0.15) is 5.82 Å². The number of fused-ring (bicyclic) bond motifs is 1. The molecule has 0 radical (unpaired) electrons. The van der Waals surface area contributed by atoms with Crippen LogP contribution in [-0.4, -0.2) is 20.7 Å². The lowest BCUT2D eigenvalue weighted by atomic mass is 10.1. The first-order valence-electron chi connectivity index (χ1n) is 5.72. The fraction of sp³-hybridized carbons (Fsp3) is 0. The van der Waals surface area contributed by atoms with Crippen molar-refractivity contribution >= 4 is 34.4 Å². The Morgan fingerprint density at radius 1 is 1.32 bits per heavy atom. The van der Waals surface area contributed by atoms with Gasteiger partial charge in [-0.2, -0.15) is 0 Å². The van der Waals surface area contributed by atoms with Crippen molar-refractivity contribution in [2.24, 2.45) is 0 Å². The first-order chi connectivity index (χ1) is 9.24. The molecule has 3 rings (SSSR count). The van der Waals surface area contributed by atoms with E-state index in [2.05, 4.69) is 15.0 Å². The highest BCUT2D eigenvalue weighted by Gasteiger charge is 2.09. The van der Waals surface area contributed by atoms with E-state index < -0.39 is 0 Å². The zero-order valence-electron chi connectivity index (χ0n) is 9.85. The van der Waals surface area contributed by atoms with E-state index >= 15 is 0 Å². The molecule has 2 N–H and O–H groups in total. The first kappa shape index (κ1) is 11.7. The van der Waals surface area contributed by atoms with Crippen molar-refractivity contribution in [3.8, 4) is 0 Å². The van der Waals surface area contributed by atoms with Gasteiger partial charge in [-0.1, -0.05) is 17.7 Å². The highest BCUT2D eigenvalue weighted by atomic mass is 35.5. The number of ketones is 1. The third-order valence-electron chi connectivity index (χ3n) is 2.82. The van der Waals surface area contributed by atoms with Crippen LogP contribution in [0.2, 0.25) is 5.02 Å². The average molecular weight is 272 g/mol. The van der Waals surface area contributed by atoms with Crippen LogP contribution >= 0.6 is 11.6 Å². The van der Waals surface area contributed by atoms with Gasteiger partial charge in [0.15, 0.2) is 5.78 Å². The van der Waals surface area contributed by atoms with Crippen LogP contribution in [0.5, 0.6) is 0 Å². The Labute approximate surface area is 114 Å². The van der Waals surface area contributed by atoms with Gasteiger partial charge in [-0.25, -0.2) is 4.98 Å². The molecule has 0 spiro atoms. The standard InChI is InChI=1S/C14H10ClN3O/c15-9-1-2-10-11(8-18-12(10)7-9)13(19)3-4-14-16-5-6-17-14/h1-8,18H,(H,16,17)/b4-3+. The van der Waals surface area contributed by atoms with Crippen LogP contribution in [0.3, 0.4) is 0 Å². The second-order valence-corrected chi connectivity index (χ2v) is 4.50. The van der Waals surface area contributed by atoms with Crippen molar-refractivity contribution in [2.75, 3.05) is 0 Å². The molecule has 0 bridgehead atoms. The fourth-order valence-corrected chi connectivity index (χ4v) is 2.09. The van der Waals surface area contributed by atoms with Gasteiger partial charge in [-0.15, -0.1) is 0 Å². The molecule has 4 nitrogen and oxygen atoms in total. The number of rotatable bonds is 3. The van der Waals surface area contributed by atoms with Gasteiger partial charge in [0.25, 0.3) is 0 Å². The molecule has 94 valence electrons. The fourth-order valence-electron chi connectivity index (χ4n) is 1.92. The van der Waals surface area contributed by atoms with E-state index in [1.165, 1.54) is 6.08 Å². The number of imidazole rings is 1. The molecule has 0 unspecified atom stereocenters. The summed E-state index contributed by atoms with van der Waals surface area (Å²) in [5.41, 5.74) is 1.47. The average Bonchev–Trinajstić information content (AvgIpc) is 3.04. The Hall–Kier alpha value is -2.33. The lowest BCUT2D eigenvalue weighted by Gasteiger charge is -1.94. The van der Waals surface area contributed by atoms with Gasteiger partial charge >= 0.3 is 0 Å². The summed E-state index contributed by atoms with van der Waals surface area (Å²) in [4.78, 5) is 22.1. The molecule has 5 heteroatoms. The molecule has 1 aromatic carbocycles. The third-order valence-corrected chi connectivity index (χ3v) is 3.06. The topological polar surface area (TPSA) is 61.5 Å². The number of halogens is 1. The number of hydrogen-bond acceptors (Lipinski definition) is 2.